The van der Waals surface area contributed by atoms with Crippen molar-refractivity contribution >= 4 is 48.0 Å². The maximum absolute atomic E-state index is 12.5. The third-order valence-corrected chi connectivity index (χ3v) is 4.85. The molecule has 3 rings (SSSR count). The molecule has 0 spiro atoms. The number of hydrogen-bond donors (Lipinski definition) is 3. The molecule has 1 heterocycles. The van der Waals surface area contributed by atoms with Crippen LogP contribution in [0.3, 0.4) is 0 Å². The number of anilines is 2. The Labute approximate surface area is 184 Å². The number of carbonyl (C=O) groups excluding carboxylic acids is 2. The van der Waals surface area contributed by atoms with Crippen molar-refractivity contribution in [2.75, 3.05) is 30.7 Å². The van der Waals surface area contributed by atoms with Crippen LogP contribution in [-0.2, 0) is 4.79 Å². The molecule has 0 aliphatic carbocycles. The van der Waals surface area contributed by atoms with Gasteiger partial charge in [-0.3, -0.25) is 14.5 Å². The van der Waals surface area contributed by atoms with Gasteiger partial charge in [0.1, 0.15) is 0 Å². The van der Waals surface area contributed by atoms with Crippen molar-refractivity contribution in [3.63, 3.8) is 0 Å². The lowest BCUT2D eigenvalue weighted by molar-refractivity contribution is -0.117. The molecule has 2 amide bonds. The molecule has 1 aliphatic rings. The summed E-state index contributed by atoms with van der Waals surface area (Å²) >= 11 is 0. The minimum absolute atomic E-state index is 0. The van der Waals surface area contributed by atoms with Gasteiger partial charge in [-0.25, -0.2) is 0 Å². The quantitative estimate of drug-likeness (QED) is 0.625. The number of nitrogens with two attached hydrogens (primary N) is 1. The molecule has 1 saturated heterocycles. The Kier molecular flexibility index (Phi) is 9.95. The van der Waals surface area contributed by atoms with Crippen molar-refractivity contribution in [2.24, 2.45) is 0 Å². The summed E-state index contributed by atoms with van der Waals surface area (Å²) < 4.78 is 0. The number of nitrogens with one attached hydrogen (secondary N) is 2. The molecule has 0 aromatic heterocycles. The van der Waals surface area contributed by atoms with Gasteiger partial charge >= 0.3 is 0 Å². The first-order valence-corrected chi connectivity index (χ1v) is 9.25. The molecule has 0 bridgehead atoms. The molecule has 8 heteroatoms. The zero-order valence-electron chi connectivity index (χ0n) is 16.4. The van der Waals surface area contributed by atoms with Crippen LogP contribution in [0.15, 0.2) is 48.5 Å². The zero-order valence-corrected chi connectivity index (χ0v) is 18.0. The van der Waals surface area contributed by atoms with Gasteiger partial charge in [-0.2, -0.15) is 0 Å². The number of benzene rings is 2. The van der Waals surface area contributed by atoms with Crippen LogP contribution >= 0.6 is 24.8 Å². The Morgan fingerprint density at radius 1 is 1.07 bits per heavy atom. The fourth-order valence-corrected chi connectivity index (χ4v) is 3.31. The number of piperidine rings is 1. The normalized spacial score (nSPS) is 14.2. The first-order chi connectivity index (χ1) is 13.0. The molecule has 1 aliphatic heterocycles. The molecular weight excluding hydrogens is 411 g/mol. The van der Waals surface area contributed by atoms with E-state index < -0.39 is 0 Å². The van der Waals surface area contributed by atoms with Gasteiger partial charge in [0.05, 0.1) is 6.54 Å². The number of carbonyl (C=O) groups is 2. The maximum Gasteiger partial charge on any atom is 0.251 e. The molecule has 4 N–H and O–H groups in total. The van der Waals surface area contributed by atoms with Crippen LogP contribution in [0.2, 0.25) is 0 Å². The Hall–Kier alpha value is -2.28. The Morgan fingerprint density at radius 2 is 1.72 bits per heavy atom. The number of nitrogens with zero attached hydrogens (tertiary/aromatic N) is 1. The van der Waals surface area contributed by atoms with Gasteiger partial charge in [0, 0.05) is 36.1 Å². The number of likely N-dealkylation sites (tertiary alicyclic amines) is 1. The number of amides is 2. The molecule has 0 unspecified atom stereocenters. The van der Waals surface area contributed by atoms with Crippen molar-refractivity contribution in [2.45, 2.75) is 25.8 Å². The number of aryl methyl sites for hydroxylation is 1. The monoisotopic (exact) mass is 438 g/mol. The van der Waals surface area contributed by atoms with E-state index in [1.807, 2.05) is 43.3 Å². The van der Waals surface area contributed by atoms with Gasteiger partial charge in [-0.05, 0) is 49.6 Å². The first-order valence-electron chi connectivity index (χ1n) is 9.25. The largest absolute Gasteiger partial charge is 0.399 e. The summed E-state index contributed by atoms with van der Waals surface area (Å²) in [5, 5.41) is 6.00. The van der Waals surface area contributed by atoms with Crippen LogP contribution in [0, 0.1) is 6.92 Å². The van der Waals surface area contributed by atoms with Crippen LogP contribution in [0.4, 0.5) is 11.4 Å². The van der Waals surface area contributed by atoms with E-state index in [0.717, 1.165) is 37.2 Å². The summed E-state index contributed by atoms with van der Waals surface area (Å²) in [4.78, 5) is 26.8. The number of hydrogen-bond acceptors (Lipinski definition) is 4. The highest BCUT2D eigenvalue weighted by Crippen LogP contribution is 2.15. The zero-order chi connectivity index (χ0) is 19.2. The highest BCUT2D eigenvalue weighted by atomic mass is 35.5. The molecule has 0 saturated carbocycles. The molecule has 2 aromatic rings. The smallest absolute Gasteiger partial charge is 0.251 e. The van der Waals surface area contributed by atoms with Crippen molar-refractivity contribution in [1.82, 2.24) is 10.2 Å². The predicted molar refractivity (Wildman–Crippen MR) is 122 cm³/mol. The lowest BCUT2D eigenvalue weighted by atomic mass is 10.0. The second kappa shape index (κ2) is 11.7. The van der Waals surface area contributed by atoms with E-state index >= 15 is 0 Å². The van der Waals surface area contributed by atoms with E-state index in [0.29, 0.717) is 17.8 Å². The summed E-state index contributed by atoms with van der Waals surface area (Å²) in [7, 11) is 0. The standard InChI is InChI=1S/C21H26N4O2.2ClH/c1-15-7-8-16(22)13-19(15)21(27)24-18-9-11-25(12-10-18)14-20(26)23-17-5-3-2-4-6-17;;/h2-8,13,18H,9-12,14,22H2,1H3,(H,23,26)(H,24,27);2*1H. The summed E-state index contributed by atoms with van der Waals surface area (Å²) in [6, 6.07) is 14.9. The molecule has 0 radical (unpaired) electrons. The van der Waals surface area contributed by atoms with Gasteiger partial charge in [0.15, 0.2) is 0 Å². The second-order valence-corrected chi connectivity index (χ2v) is 7.01. The van der Waals surface area contributed by atoms with Gasteiger partial charge in [0.2, 0.25) is 5.91 Å². The highest BCUT2D eigenvalue weighted by Gasteiger charge is 2.23. The molecule has 158 valence electrons. The topological polar surface area (TPSA) is 87.5 Å². The fourth-order valence-electron chi connectivity index (χ4n) is 3.31. The van der Waals surface area contributed by atoms with Crippen molar-refractivity contribution in [3.05, 3.63) is 59.7 Å². The highest BCUT2D eigenvalue weighted by molar-refractivity contribution is 5.96. The number of para-hydroxylation sites is 1. The van der Waals surface area contributed by atoms with Crippen molar-refractivity contribution in [3.8, 4) is 0 Å². The van der Waals surface area contributed by atoms with E-state index in [4.69, 9.17) is 5.73 Å². The van der Waals surface area contributed by atoms with Gasteiger partial charge in [0.25, 0.3) is 5.91 Å². The van der Waals surface area contributed by atoms with E-state index in [1.165, 1.54) is 0 Å². The first kappa shape index (κ1) is 24.8. The lowest BCUT2D eigenvalue weighted by Gasteiger charge is -2.32. The number of nitrogen functional groups attached to an aromatic ring is 1. The summed E-state index contributed by atoms with van der Waals surface area (Å²) in [5.74, 6) is -0.0980. The Morgan fingerprint density at radius 3 is 2.38 bits per heavy atom. The van der Waals surface area contributed by atoms with E-state index in [9.17, 15) is 9.59 Å². The van der Waals surface area contributed by atoms with Crippen LogP contribution in [0.25, 0.3) is 0 Å². The molecule has 2 aromatic carbocycles. The molecule has 29 heavy (non-hydrogen) atoms. The van der Waals surface area contributed by atoms with E-state index in [2.05, 4.69) is 15.5 Å². The van der Waals surface area contributed by atoms with Gasteiger partial charge in [-0.15, -0.1) is 24.8 Å². The second-order valence-electron chi connectivity index (χ2n) is 7.01. The van der Waals surface area contributed by atoms with Crippen LogP contribution < -0.4 is 16.4 Å². The molecule has 6 nitrogen and oxygen atoms in total. The minimum Gasteiger partial charge on any atom is -0.399 e. The fraction of sp³-hybridized carbons (Fsp3) is 0.333. The molecule has 0 atom stereocenters. The van der Waals surface area contributed by atoms with Crippen molar-refractivity contribution < 1.29 is 9.59 Å². The molecular formula is C21H28Cl2N4O2. The Balaban J connectivity index is 0.00000210. The van der Waals surface area contributed by atoms with Crippen LogP contribution in [0.1, 0.15) is 28.8 Å². The number of halogens is 2. The summed E-state index contributed by atoms with van der Waals surface area (Å²) in [5.41, 5.74) is 8.73. The molecule has 1 fully saturated rings. The van der Waals surface area contributed by atoms with Gasteiger partial charge < -0.3 is 16.4 Å². The SMILES string of the molecule is Cc1ccc(N)cc1C(=O)NC1CCN(CC(=O)Nc2ccccc2)CC1.Cl.Cl. The average molecular weight is 439 g/mol. The van der Waals surface area contributed by atoms with E-state index in [-0.39, 0.29) is 42.7 Å². The minimum atomic E-state index is -0.0833. The summed E-state index contributed by atoms with van der Waals surface area (Å²) in [6.45, 7) is 3.83. The van der Waals surface area contributed by atoms with Crippen molar-refractivity contribution in [1.29, 1.82) is 0 Å². The third-order valence-electron chi connectivity index (χ3n) is 4.85. The van der Waals surface area contributed by atoms with E-state index in [1.54, 1.807) is 12.1 Å². The van der Waals surface area contributed by atoms with Gasteiger partial charge in [-0.1, -0.05) is 24.3 Å². The third kappa shape index (κ3) is 7.24. The number of rotatable bonds is 5. The maximum atomic E-state index is 12.5. The Bertz CT molecular complexity index is 810. The summed E-state index contributed by atoms with van der Waals surface area (Å²) in [6.07, 6.45) is 1.65. The van der Waals surface area contributed by atoms with Crippen LogP contribution in [0.5, 0.6) is 0 Å². The van der Waals surface area contributed by atoms with Crippen LogP contribution in [-0.4, -0.2) is 42.4 Å². The average Bonchev–Trinajstić information content (AvgIpc) is 2.66. The predicted octanol–water partition coefficient (Wildman–Crippen LogP) is 3.25. The lowest BCUT2D eigenvalue weighted by Crippen LogP contribution is -2.46.